The number of hydrazine groups is 1. The van der Waals surface area contributed by atoms with Crippen LogP contribution in [-0.4, -0.2) is 6.04 Å². The zero-order valence-corrected chi connectivity index (χ0v) is 11.8. The molecule has 0 bridgehead atoms. The van der Waals surface area contributed by atoms with Crippen LogP contribution >= 0.6 is 0 Å². The van der Waals surface area contributed by atoms with E-state index in [2.05, 4.69) is 46.6 Å². The van der Waals surface area contributed by atoms with E-state index in [1.54, 1.807) is 0 Å². The molecular formula is C14H30N2. The molecule has 0 heterocycles. The summed E-state index contributed by atoms with van der Waals surface area (Å²) in [5.74, 6) is 6.30. The van der Waals surface area contributed by atoms with E-state index >= 15 is 0 Å². The summed E-state index contributed by atoms with van der Waals surface area (Å²) >= 11 is 0. The molecule has 0 spiro atoms. The second-order valence-corrected chi connectivity index (χ2v) is 6.28. The van der Waals surface area contributed by atoms with Crippen LogP contribution in [0.3, 0.4) is 0 Å². The van der Waals surface area contributed by atoms with Crippen molar-refractivity contribution >= 4 is 0 Å². The summed E-state index contributed by atoms with van der Waals surface area (Å²) in [6.07, 6.45) is 4.42. The van der Waals surface area contributed by atoms with Crippen LogP contribution < -0.4 is 11.3 Å². The third kappa shape index (κ3) is 7.89. The first-order chi connectivity index (χ1) is 7.28. The van der Waals surface area contributed by atoms with Crippen LogP contribution in [0.25, 0.3) is 0 Å². The minimum Gasteiger partial charge on any atom is -0.271 e. The highest BCUT2D eigenvalue weighted by molar-refractivity contribution is 4.96. The van der Waals surface area contributed by atoms with Crippen molar-refractivity contribution in [1.29, 1.82) is 0 Å². The van der Waals surface area contributed by atoms with Gasteiger partial charge >= 0.3 is 0 Å². The Labute approximate surface area is 102 Å². The SMILES string of the molecule is C=C(CC)CC(CC(C)CC(C)(C)C)NN. The largest absolute Gasteiger partial charge is 0.271 e. The first-order valence-corrected chi connectivity index (χ1v) is 6.41. The molecule has 0 fully saturated rings. The Morgan fingerprint density at radius 3 is 2.31 bits per heavy atom. The van der Waals surface area contributed by atoms with E-state index in [1.807, 2.05) is 0 Å². The molecule has 0 aliphatic heterocycles. The molecule has 0 saturated heterocycles. The van der Waals surface area contributed by atoms with Gasteiger partial charge in [0, 0.05) is 6.04 Å². The van der Waals surface area contributed by atoms with Crippen molar-refractivity contribution in [3.8, 4) is 0 Å². The van der Waals surface area contributed by atoms with E-state index in [0.29, 0.717) is 17.4 Å². The third-order valence-electron chi connectivity index (χ3n) is 2.92. The van der Waals surface area contributed by atoms with E-state index in [1.165, 1.54) is 12.0 Å². The quantitative estimate of drug-likeness (QED) is 0.395. The summed E-state index contributed by atoms with van der Waals surface area (Å²) in [6, 6.07) is 0.379. The molecule has 96 valence electrons. The number of nitrogens with two attached hydrogens (primary N) is 1. The lowest BCUT2D eigenvalue weighted by Crippen LogP contribution is -2.37. The highest BCUT2D eigenvalue weighted by atomic mass is 15.2. The van der Waals surface area contributed by atoms with Crippen LogP contribution in [0.1, 0.15) is 60.3 Å². The fraction of sp³-hybridized carbons (Fsp3) is 0.857. The molecule has 0 saturated carbocycles. The normalized spacial score (nSPS) is 15.9. The van der Waals surface area contributed by atoms with E-state index in [4.69, 9.17) is 5.84 Å². The predicted octanol–water partition coefficient (Wildman–Crippen LogP) is 3.64. The standard InChI is InChI=1S/C14H30N2/c1-7-11(2)8-13(16-15)9-12(3)10-14(4,5)6/h12-13,16H,2,7-10,15H2,1,3-6H3. The van der Waals surface area contributed by atoms with Crippen LogP contribution in [0.2, 0.25) is 0 Å². The molecule has 2 atom stereocenters. The van der Waals surface area contributed by atoms with Gasteiger partial charge in [0.2, 0.25) is 0 Å². The summed E-state index contributed by atoms with van der Waals surface area (Å²) in [7, 11) is 0. The topological polar surface area (TPSA) is 38.0 Å². The highest BCUT2D eigenvalue weighted by Gasteiger charge is 2.18. The maximum Gasteiger partial charge on any atom is 0.0250 e. The van der Waals surface area contributed by atoms with Crippen LogP contribution in [0.15, 0.2) is 12.2 Å². The first-order valence-electron chi connectivity index (χ1n) is 6.41. The fourth-order valence-corrected chi connectivity index (χ4v) is 2.32. The van der Waals surface area contributed by atoms with Crippen LogP contribution in [-0.2, 0) is 0 Å². The van der Waals surface area contributed by atoms with Crippen molar-refractivity contribution in [2.75, 3.05) is 0 Å². The summed E-state index contributed by atoms with van der Waals surface area (Å²) in [5, 5.41) is 0. The zero-order valence-electron chi connectivity index (χ0n) is 11.8. The van der Waals surface area contributed by atoms with Gasteiger partial charge in [-0.05, 0) is 37.0 Å². The van der Waals surface area contributed by atoms with Crippen molar-refractivity contribution in [1.82, 2.24) is 5.43 Å². The summed E-state index contributed by atoms with van der Waals surface area (Å²) in [4.78, 5) is 0. The van der Waals surface area contributed by atoms with Crippen LogP contribution in [0.5, 0.6) is 0 Å². The summed E-state index contributed by atoms with van der Waals surface area (Å²) < 4.78 is 0. The maximum atomic E-state index is 5.60. The third-order valence-corrected chi connectivity index (χ3v) is 2.92. The molecular weight excluding hydrogens is 196 g/mol. The number of nitrogens with one attached hydrogen (secondary N) is 1. The van der Waals surface area contributed by atoms with Crippen LogP contribution in [0, 0.1) is 11.3 Å². The predicted molar refractivity (Wildman–Crippen MR) is 73.0 cm³/mol. The molecule has 16 heavy (non-hydrogen) atoms. The fourth-order valence-electron chi connectivity index (χ4n) is 2.32. The average molecular weight is 226 g/mol. The monoisotopic (exact) mass is 226 g/mol. The van der Waals surface area contributed by atoms with Gasteiger partial charge in [-0.1, -0.05) is 46.8 Å². The van der Waals surface area contributed by atoms with Crippen molar-refractivity contribution in [3.63, 3.8) is 0 Å². The van der Waals surface area contributed by atoms with Crippen molar-refractivity contribution < 1.29 is 0 Å². The number of rotatable bonds is 7. The van der Waals surface area contributed by atoms with E-state index < -0.39 is 0 Å². The lowest BCUT2D eigenvalue weighted by Gasteiger charge is -2.26. The Bertz CT molecular complexity index is 203. The lowest BCUT2D eigenvalue weighted by atomic mass is 9.82. The second-order valence-electron chi connectivity index (χ2n) is 6.28. The Morgan fingerprint density at radius 1 is 1.38 bits per heavy atom. The van der Waals surface area contributed by atoms with Crippen LogP contribution in [0.4, 0.5) is 0 Å². The van der Waals surface area contributed by atoms with Crippen molar-refractivity contribution in [2.45, 2.75) is 66.3 Å². The molecule has 0 aromatic rings. The Hall–Kier alpha value is -0.340. The number of hydrogen-bond acceptors (Lipinski definition) is 2. The van der Waals surface area contributed by atoms with Gasteiger partial charge in [-0.15, -0.1) is 0 Å². The van der Waals surface area contributed by atoms with Gasteiger partial charge in [-0.3, -0.25) is 11.3 Å². The number of hydrogen-bond donors (Lipinski definition) is 2. The van der Waals surface area contributed by atoms with E-state index in [0.717, 1.165) is 19.3 Å². The van der Waals surface area contributed by atoms with Gasteiger partial charge in [0.05, 0.1) is 0 Å². The van der Waals surface area contributed by atoms with Gasteiger partial charge in [-0.25, -0.2) is 0 Å². The van der Waals surface area contributed by atoms with Gasteiger partial charge in [0.15, 0.2) is 0 Å². The molecule has 0 aromatic carbocycles. The van der Waals surface area contributed by atoms with Gasteiger partial charge in [0.1, 0.15) is 0 Å². The van der Waals surface area contributed by atoms with Crippen molar-refractivity contribution in [3.05, 3.63) is 12.2 Å². The van der Waals surface area contributed by atoms with E-state index in [-0.39, 0.29) is 0 Å². The molecule has 2 nitrogen and oxygen atoms in total. The lowest BCUT2D eigenvalue weighted by molar-refractivity contribution is 0.274. The molecule has 0 radical (unpaired) electrons. The van der Waals surface area contributed by atoms with E-state index in [9.17, 15) is 0 Å². The molecule has 0 aromatic heterocycles. The molecule has 0 rings (SSSR count). The molecule has 2 unspecified atom stereocenters. The molecule has 0 amide bonds. The summed E-state index contributed by atoms with van der Waals surface area (Å²) in [5.41, 5.74) is 4.61. The smallest absolute Gasteiger partial charge is 0.0250 e. The van der Waals surface area contributed by atoms with Gasteiger partial charge in [-0.2, -0.15) is 0 Å². The van der Waals surface area contributed by atoms with Gasteiger partial charge in [0.25, 0.3) is 0 Å². The van der Waals surface area contributed by atoms with Crippen molar-refractivity contribution in [2.24, 2.45) is 17.2 Å². The highest BCUT2D eigenvalue weighted by Crippen LogP contribution is 2.27. The minimum atomic E-state index is 0.379. The average Bonchev–Trinajstić information content (AvgIpc) is 2.13. The Morgan fingerprint density at radius 2 is 1.94 bits per heavy atom. The second kappa shape index (κ2) is 7.08. The zero-order chi connectivity index (χ0) is 12.8. The molecule has 2 heteroatoms. The molecule has 0 aliphatic carbocycles. The summed E-state index contributed by atoms with van der Waals surface area (Å²) in [6.45, 7) is 15.4. The van der Waals surface area contributed by atoms with Gasteiger partial charge < -0.3 is 0 Å². The Balaban J connectivity index is 4.06. The maximum absolute atomic E-state index is 5.60. The molecule has 0 aliphatic rings. The molecule has 3 N–H and O–H groups in total. The Kier molecular flexibility index (Phi) is 6.93. The first kappa shape index (κ1) is 15.7. The minimum absolute atomic E-state index is 0.379.